The van der Waals surface area contributed by atoms with Crippen LogP contribution in [0.3, 0.4) is 0 Å². The highest BCUT2D eigenvalue weighted by molar-refractivity contribution is 9.10. The average Bonchev–Trinajstić information content (AvgIpc) is 2.82. The number of carbonyl (C=O) groups is 1. The molecule has 6 nitrogen and oxygen atoms in total. The van der Waals surface area contributed by atoms with Crippen LogP contribution in [-0.2, 0) is 13.0 Å². The van der Waals surface area contributed by atoms with Crippen molar-refractivity contribution < 1.29 is 19.0 Å². The SMILES string of the molecule is CCOc1ccc(CN(CCc2ccc(OC)c(OC)c2)C(=O)Nc2cccc(Br)c2)cc1. The Morgan fingerprint density at radius 1 is 0.939 bits per heavy atom. The van der Waals surface area contributed by atoms with E-state index in [1.807, 2.05) is 73.7 Å². The molecule has 7 heteroatoms. The number of hydrogen-bond acceptors (Lipinski definition) is 4. The Kier molecular flexibility index (Phi) is 9.01. The zero-order valence-corrected chi connectivity index (χ0v) is 20.7. The molecular formula is C26H29BrN2O4. The number of carbonyl (C=O) groups excluding carboxylic acids is 1. The first kappa shape index (κ1) is 24.5. The van der Waals surface area contributed by atoms with Gasteiger partial charge in [0.15, 0.2) is 11.5 Å². The van der Waals surface area contributed by atoms with Crippen LogP contribution in [0.2, 0.25) is 0 Å². The van der Waals surface area contributed by atoms with Crippen molar-refractivity contribution in [1.29, 1.82) is 0 Å². The van der Waals surface area contributed by atoms with Gasteiger partial charge in [-0.05, 0) is 66.9 Å². The summed E-state index contributed by atoms with van der Waals surface area (Å²) >= 11 is 3.45. The number of rotatable bonds is 10. The molecule has 3 rings (SSSR count). The Hall–Kier alpha value is -3.19. The van der Waals surface area contributed by atoms with E-state index in [9.17, 15) is 4.79 Å². The summed E-state index contributed by atoms with van der Waals surface area (Å²) in [6.45, 7) is 3.57. The molecule has 174 valence electrons. The molecule has 2 amide bonds. The quantitative estimate of drug-likeness (QED) is 0.354. The first-order valence-electron chi connectivity index (χ1n) is 10.8. The summed E-state index contributed by atoms with van der Waals surface area (Å²) in [5.41, 5.74) is 2.81. The largest absolute Gasteiger partial charge is 0.494 e. The highest BCUT2D eigenvalue weighted by Gasteiger charge is 2.16. The zero-order chi connectivity index (χ0) is 23.6. The van der Waals surface area contributed by atoms with E-state index >= 15 is 0 Å². The van der Waals surface area contributed by atoms with Crippen molar-refractivity contribution in [2.45, 2.75) is 19.9 Å². The van der Waals surface area contributed by atoms with Gasteiger partial charge < -0.3 is 24.4 Å². The molecule has 3 aromatic carbocycles. The van der Waals surface area contributed by atoms with Gasteiger partial charge in [0.1, 0.15) is 5.75 Å². The number of amides is 2. The molecule has 0 aliphatic heterocycles. The Balaban J connectivity index is 1.76. The minimum Gasteiger partial charge on any atom is -0.494 e. The monoisotopic (exact) mass is 512 g/mol. The topological polar surface area (TPSA) is 60.0 Å². The molecule has 0 radical (unpaired) electrons. The summed E-state index contributed by atoms with van der Waals surface area (Å²) in [7, 11) is 3.23. The van der Waals surface area contributed by atoms with Crippen molar-refractivity contribution in [2.75, 3.05) is 32.7 Å². The third-order valence-corrected chi connectivity index (χ3v) is 5.58. The van der Waals surface area contributed by atoms with Gasteiger partial charge in [-0.1, -0.05) is 40.2 Å². The summed E-state index contributed by atoms with van der Waals surface area (Å²) in [6, 6.07) is 21.0. The van der Waals surface area contributed by atoms with Crippen molar-refractivity contribution in [2.24, 2.45) is 0 Å². The summed E-state index contributed by atoms with van der Waals surface area (Å²) in [5, 5.41) is 3.00. The summed E-state index contributed by atoms with van der Waals surface area (Å²) in [4.78, 5) is 15.0. The number of methoxy groups -OCH3 is 2. The highest BCUT2D eigenvalue weighted by Crippen LogP contribution is 2.28. The van der Waals surface area contributed by atoms with Gasteiger partial charge in [-0.25, -0.2) is 4.79 Å². The fraction of sp³-hybridized carbons (Fsp3) is 0.269. The fourth-order valence-corrected chi connectivity index (χ4v) is 3.80. The van der Waals surface area contributed by atoms with E-state index in [0.29, 0.717) is 37.6 Å². The fourth-order valence-electron chi connectivity index (χ4n) is 3.40. The first-order valence-corrected chi connectivity index (χ1v) is 11.6. The molecular weight excluding hydrogens is 484 g/mol. The summed E-state index contributed by atoms with van der Waals surface area (Å²) in [6.07, 6.45) is 0.670. The lowest BCUT2D eigenvalue weighted by Gasteiger charge is -2.24. The minimum atomic E-state index is -0.164. The van der Waals surface area contributed by atoms with Gasteiger partial charge in [0.05, 0.1) is 20.8 Å². The van der Waals surface area contributed by atoms with E-state index in [1.54, 1.807) is 19.1 Å². The number of anilines is 1. The van der Waals surface area contributed by atoms with Crippen molar-refractivity contribution in [3.05, 3.63) is 82.3 Å². The lowest BCUT2D eigenvalue weighted by atomic mass is 10.1. The number of ether oxygens (including phenoxy) is 3. The van der Waals surface area contributed by atoms with E-state index in [4.69, 9.17) is 14.2 Å². The maximum Gasteiger partial charge on any atom is 0.322 e. The smallest absolute Gasteiger partial charge is 0.322 e. The Labute approximate surface area is 203 Å². The van der Waals surface area contributed by atoms with E-state index in [-0.39, 0.29) is 6.03 Å². The van der Waals surface area contributed by atoms with E-state index in [0.717, 1.165) is 27.0 Å². The number of nitrogens with one attached hydrogen (secondary N) is 1. The van der Waals surface area contributed by atoms with Crippen LogP contribution in [-0.4, -0.2) is 38.3 Å². The number of hydrogen-bond donors (Lipinski definition) is 1. The van der Waals surface area contributed by atoms with Crippen LogP contribution in [0.5, 0.6) is 17.2 Å². The lowest BCUT2D eigenvalue weighted by Crippen LogP contribution is -2.36. The second kappa shape index (κ2) is 12.2. The molecule has 1 N–H and O–H groups in total. The van der Waals surface area contributed by atoms with Crippen LogP contribution >= 0.6 is 15.9 Å². The van der Waals surface area contributed by atoms with Crippen LogP contribution in [0.25, 0.3) is 0 Å². The molecule has 0 aliphatic carbocycles. The van der Waals surface area contributed by atoms with E-state index in [2.05, 4.69) is 21.2 Å². The van der Waals surface area contributed by atoms with Gasteiger partial charge >= 0.3 is 6.03 Å². The number of nitrogens with zero attached hydrogens (tertiary/aromatic N) is 1. The predicted octanol–water partition coefficient (Wildman–Crippen LogP) is 6.14. The second-order valence-electron chi connectivity index (χ2n) is 7.38. The molecule has 0 saturated carbocycles. The van der Waals surface area contributed by atoms with Crippen molar-refractivity contribution in [3.8, 4) is 17.2 Å². The van der Waals surface area contributed by atoms with Crippen LogP contribution < -0.4 is 19.5 Å². The Morgan fingerprint density at radius 3 is 2.33 bits per heavy atom. The molecule has 0 aromatic heterocycles. The molecule has 3 aromatic rings. The van der Waals surface area contributed by atoms with E-state index < -0.39 is 0 Å². The average molecular weight is 513 g/mol. The molecule has 0 aliphatic rings. The Bertz CT molecular complexity index is 1060. The number of benzene rings is 3. The van der Waals surface area contributed by atoms with Crippen molar-refractivity contribution in [1.82, 2.24) is 4.90 Å². The molecule has 0 spiro atoms. The zero-order valence-electron chi connectivity index (χ0n) is 19.1. The summed E-state index contributed by atoms with van der Waals surface area (Å²) < 4.78 is 17.2. The van der Waals surface area contributed by atoms with Crippen molar-refractivity contribution in [3.63, 3.8) is 0 Å². The van der Waals surface area contributed by atoms with Crippen LogP contribution in [0.1, 0.15) is 18.1 Å². The van der Waals surface area contributed by atoms with Gasteiger partial charge in [-0.15, -0.1) is 0 Å². The molecule has 0 atom stereocenters. The maximum absolute atomic E-state index is 13.2. The van der Waals surface area contributed by atoms with E-state index in [1.165, 1.54) is 0 Å². The molecule has 0 saturated heterocycles. The predicted molar refractivity (Wildman–Crippen MR) is 134 cm³/mol. The maximum atomic E-state index is 13.2. The van der Waals surface area contributed by atoms with Crippen LogP contribution in [0.4, 0.5) is 10.5 Å². The summed E-state index contributed by atoms with van der Waals surface area (Å²) in [5.74, 6) is 2.17. The van der Waals surface area contributed by atoms with Gasteiger partial charge in [-0.3, -0.25) is 0 Å². The van der Waals surface area contributed by atoms with Crippen LogP contribution in [0, 0.1) is 0 Å². The highest BCUT2D eigenvalue weighted by atomic mass is 79.9. The molecule has 0 heterocycles. The third kappa shape index (κ3) is 7.15. The van der Waals surface area contributed by atoms with Gasteiger partial charge in [0, 0.05) is 23.2 Å². The van der Waals surface area contributed by atoms with Crippen molar-refractivity contribution >= 4 is 27.6 Å². The third-order valence-electron chi connectivity index (χ3n) is 5.09. The Morgan fingerprint density at radius 2 is 1.67 bits per heavy atom. The van der Waals surface area contributed by atoms with Gasteiger partial charge in [-0.2, -0.15) is 0 Å². The van der Waals surface area contributed by atoms with Crippen LogP contribution in [0.15, 0.2) is 71.2 Å². The molecule has 0 fully saturated rings. The molecule has 33 heavy (non-hydrogen) atoms. The normalized spacial score (nSPS) is 10.4. The standard InChI is InChI=1S/C26H29BrN2O4/c1-4-33-23-11-8-20(9-12-23)18-29(26(30)28-22-7-5-6-21(27)17-22)15-14-19-10-13-24(31-2)25(16-19)32-3/h5-13,16-17H,4,14-15,18H2,1-3H3,(H,28,30). The second-order valence-corrected chi connectivity index (χ2v) is 8.29. The number of urea groups is 1. The van der Waals surface area contributed by atoms with Gasteiger partial charge in [0.2, 0.25) is 0 Å². The lowest BCUT2D eigenvalue weighted by molar-refractivity contribution is 0.209. The first-order chi connectivity index (χ1) is 16.0. The van der Waals surface area contributed by atoms with Gasteiger partial charge in [0.25, 0.3) is 0 Å². The molecule has 0 bridgehead atoms. The molecule has 0 unspecified atom stereocenters. The minimum absolute atomic E-state index is 0.164. The number of halogens is 1.